The van der Waals surface area contributed by atoms with Crippen LogP contribution in [-0.4, -0.2) is 137 Å². The molecule has 69 heavy (non-hydrogen) atoms. The first-order chi connectivity index (χ1) is 32.8. The second kappa shape index (κ2) is 28.1. The smallest absolute Gasteiger partial charge is 0.435 e. The van der Waals surface area contributed by atoms with Crippen molar-refractivity contribution in [2.75, 3.05) is 98.1 Å². The predicted molar refractivity (Wildman–Crippen MR) is 264 cm³/mol. The van der Waals surface area contributed by atoms with Gasteiger partial charge in [-0.2, -0.15) is 4.99 Å². The molecule has 20 heteroatoms. The van der Waals surface area contributed by atoms with E-state index >= 15 is 0 Å². The number of quaternary nitrogens is 1. The average Bonchev–Trinajstić information content (AvgIpc) is 3.62. The Balaban J connectivity index is 1.30. The molecule has 4 aromatic rings. The summed E-state index contributed by atoms with van der Waals surface area (Å²) in [7, 11) is 7.03. The van der Waals surface area contributed by atoms with Gasteiger partial charge in [0, 0.05) is 43.0 Å². The molecule has 19 nitrogen and oxygen atoms in total. The molecule has 378 valence electrons. The van der Waals surface area contributed by atoms with Gasteiger partial charge in [-0.3, -0.25) is 18.9 Å². The minimum atomic E-state index is -4.69. The molecule has 4 rings (SSSR count). The van der Waals surface area contributed by atoms with Crippen LogP contribution >= 0.6 is 7.82 Å². The van der Waals surface area contributed by atoms with E-state index in [1.54, 1.807) is 48.5 Å². The molecule has 3 N–H and O–H groups in total. The number of nitrogens with one attached hydrogen (secondary N) is 1. The Labute approximate surface area is 406 Å². The number of imidazole rings is 1. The van der Waals surface area contributed by atoms with Crippen molar-refractivity contribution in [3.05, 3.63) is 89.7 Å². The largest absolute Gasteiger partial charge is 0.756 e. The molecule has 0 spiro atoms. The third kappa shape index (κ3) is 20.8. The van der Waals surface area contributed by atoms with Crippen LogP contribution in [-0.2, 0) is 51.0 Å². The van der Waals surface area contributed by atoms with Crippen molar-refractivity contribution >= 4 is 60.0 Å². The summed E-state index contributed by atoms with van der Waals surface area (Å²) in [6, 6.07) is 21.3. The molecule has 3 aromatic carbocycles. The number of benzene rings is 3. The summed E-state index contributed by atoms with van der Waals surface area (Å²) in [4.78, 5) is 75.8. The monoisotopic (exact) mass is 978 g/mol. The molecule has 2 unspecified atom stereocenters. The molecular formula is C49H71N8O11P. The lowest BCUT2D eigenvalue weighted by Gasteiger charge is -2.28. The number of nitrogens with two attached hydrogens (primary N) is 1. The lowest BCUT2D eigenvalue weighted by atomic mass is 10.1. The van der Waals surface area contributed by atoms with Gasteiger partial charge >= 0.3 is 18.0 Å². The molecule has 0 saturated carbocycles. The zero-order valence-electron chi connectivity index (χ0n) is 41.2. The van der Waals surface area contributed by atoms with E-state index in [4.69, 9.17) is 34.0 Å². The van der Waals surface area contributed by atoms with Gasteiger partial charge in [0.05, 0.1) is 77.5 Å². The Morgan fingerprint density at radius 3 is 2.14 bits per heavy atom. The lowest BCUT2D eigenvalue weighted by molar-refractivity contribution is -0.870. The van der Waals surface area contributed by atoms with Gasteiger partial charge in [0.15, 0.2) is 0 Å². The number of hydrogen-bond acceptors (Lipinski definition) is 14. The second-order valence-corrected chi connectivity index (χ2v) is 19.5. The van der Waals surface area contributed by atoms with Crippen molar-refractivity contribution in [1.82, 2.24) is 14.5 Å². The average molecular weight is 979 g/mol. The fraction of sp³-hybridized carbons (Fsp3) is 0.510. The molecule has 0 saturated heterocycles. The lowest BCUT2D eigenvalue weighted by Crippen LogP contribution is -2.37. The van der Waals surface area contributed by atoms with Crippen molar-refractivity contribution in [3.63, 3.8) is 0 Å². The van der Waals surface area contributed by atoms with Crippen molar-refractivity contribution < 1.29 is 56.4 Å². The van der Waals surface area contributed by atoms with E-state index in [1.807, 2.05) is 57.0 Å². The van der Waals surface area contributed by atoms with Gasteiger partial charge < -0.3 is 58.1 Å². The van der Waals surface area contributed by atoms with E-state index in [9.17, 15) is 28.6 Å². The third-order valence-electron chi connectivity index (χ3n) is 10.9. The number of phosphoric ester groups is 1. The topological polar surface area (TPSA) is 229 Å². The van der Waals surface area contributed by atoms with Gasteiger partial charge in [0.2, 0.25) is 0 Å². The summed E-state index contributed by atoms with van der Waals surface area (Å²) in [6.45, 7) is 2.22. The maximum absolute atomic E-state index is 14.1. The third-order valence-corrected chi connectivity index (χ3v) is 11.8. The van der Waals surface area contributed by atoms with Crippen molar-refractivity contribution in [1.29, 1.82) is 0 Å². The number of fused-ring (bicyclic) bond motifs is 1. The number of phosphoric acid groups is 1. The molecule has 2 amide bonds. The molecule has 0 radical (unpaired) electrons. The SMILES string of the molecule is CC(=O)OCC(COC(=O)CCN(C(=O)c1ccc2c(c1)nc(CNc1ccc(/C(N)=N/C(=O)OCCCCCCCCCN(C)C)cc1)n2C)c1ccccc1)COP(=O)([O-])OCC[N+](C)(C)C. The van der Waals surface area contributed by atoms with Crippen LogP contribution in [0, 0.1) is 5.92 Å². The first kappa shape index (κ1) is 55.9. The normalized spacial score (nSPS) is 13.2. The highest BCUT2D eigenvalue weighted by atomic mass is 31.2. The summed E-state index contributed by atoms with van der Waals surface area (Å²) < 4.78 is 40.6. The summed E-state index contributed by atoms with van der Waals surface area (Å²) in [5.41, 5.74) is 9.77. The van der Waals surface area contributed by atoms with Crippen LogP contribution in [0.15, 0.2) is 77.8 Å². The fourth-order valence-electron chi connectivity index (χ4n) is 6.89. The number of rotatable bonds is 30. The number of para-hydroxylation sites is 1. The van der Waals surface area contributed by atoms with Gasteiger partial charge in [-0.15, -0.1) is 0 Å². The van der Waals surface area contributed by atoms with Gasteiger partial charge in [0.1, 0.15) is 24.8 Å². The van der Waals surface area contributed by atoms with E-state index in [2.05, 4.69) is 29.3 Å². The molecular weight excluding hydrogens is 908 g/mol. The molecule has 0 aliphatic rings. The van der Waals surface area contributed by atoms with Gasteiger partial charge in [0.25, 0.3) is 13.7 Å². The number of aromatic nitrogens is 2. The van der Waals surface area contributed by atoms with Crippen LogP contribution in [0.25, 0.3) is 11.0 Å². The highest BCUT2D eigenvalue weighted by Gasteiger charge is 2.23. The van der Waals surface area contributed by atoms with Crippen molar-refractivity contribution in [2.45, 2.75) is 64.8 Å². The van der Waals surface area contributed by atoms with E-state index in [0.29, 0.717) is 52.3 Å². The number of carbonyl (C=O) groups is 4. The quantitative estimate of drug-likeness (QED) is 0.0111. The zero-order chi connectivity index (χ0) is 50.4. The molecule has 1 aromatic heterocycles. The minimum absolute atomic E-state index is 0.0450. The number of esters is 2. The number of unbranched alkanes of at least 4 members (excludes halogenated alkanes) is 6. The van der Waals surface area contributed by atoms with E-state index in [-0.39, 0.29) is 44.5 Å². The van der Waals surface area contributed by atoms with E-state index < -0.39 is 38.4 Å². The highest BCUT2D eigenvalue weighted by Crippen LogP contribution is 2.38. The Morgan fingerprint density at radius 1 is 0.826 bits per heavy atom. The first-order valence-corrected chi connectivity index (χ1v) is 24.8. The van der Waals surface area contributed by atoms with Crippen molar-refractivity contribution in [3.8, 4) is 0 Å². The summed E-state index contributed by atoms with van der Waals surface area (Å²) in [5, 5.41) is 3.35. The van der Waals surface area contributed by atoms with Gasteiger partial charge in [-0.25, -0.2) is 9.78 Å². The summed E-state index contributed by atoms with van der Waals surface area (Å²) >= 11 is 0. The Morgan fingerprint density at radius 2 is 1.48 bits per heavy atom. The van der Waals surface area contributed by atoms with Crippen LogP contribution in [0.5, 0.6) is 0 Å². The number of carbonyl (C=O) groups excluding carboxylic acids is 4. The number of likely N-dealkylation sites (N-methyl/N-ethyl adjacent to an activating group) is 1. The van der Waals surface area contributed by atoms with Crippen LogP contribution in [0.4, 0.5) is 16.2 Å². The predicted octanol–water partition coefficient (Wildman–Crippen LogP) is 6.29. The maximum atomic E-state index is 14.1. The molecule has 2 atom stereocenters. The Hall–Kier alpha value is -5.69. The van der Waals surface area contributed by atoms with Crippen LogP contribution < -0.4 is 20.8 Å². The summed E-state index contributed by atoms with van der Waals surface area (Å²) in [5.74, 6) is -1.69. The number of amidine groups is 1. The number of amides is 2. The molecule has 0 fully saturated rings. The number of nitrogens with zero attached hydrogens (tertiary/aromatic N) is 6. The Bertz CT molecular complexity index is 2340. The standard InChI is InChI=1S/C49H71N8O11P/c1-37(58)65-34-38(36-68-69(62,63)67-31-29-57(5,6)7)35-66-46(59)26-28-56(42-18-14-13-15-19-42)48(60)40-22-25-44-43(32-40)52-45(55(44)4)33-51-41-23-20-39(21-24-41)47(50)53-49(61)64-30-17-12-10-8-9-11-16-27-54(2)3/h13-15,18-25,32,38H,8-12,16-17,26-31,33-36H2,1-7H3,(H3-,50,51,53,61,62,63). The number of aliphatic imine (C=N–C) groups is 1. The maximum Gasteiger partial charge on any atom is 0.435 e. The number of anilines is 2. The van der Waals surface area contributed by atoms with Gasteiger partial charge in [-0.05, 0) is 88.1 Å². The van der Waals surface area contributed by atoms with Gasteiger partial charge in [-0.1, -0.05) is 50.3 Å². The highest BCUT2D eigenvalue weighted by molar-refractivity contribution is 7.45. The number of ether oxygens (including phenoxy) is 3. The Kier molecular flexibility index (Phi) is 22.8. The molecule has 0 bridgehead atoms. The second-order valence-electron chi connectivity index (χ2n) is 18.1. The van der Waals surface area contributed by atoms with Crippen LogP contribution in [0.2, 0.25) is 0 Å². The molecule has 0 aliphatic carbocycles. The number of hydrogen-bond donors (Lipinski definition) is 2. The van der Waals surface area contributed by atoms with E-state index in [1.165, 1.54) is 37.5 Å². The molecule has 0 aliphatic heterocycles. The zero-order valence-corrected chi connectivity index (χ0v) is 42.1. The van der Waals surface area contributed by atoms with E-state index in [0.717, 1.165) is 37.0 Å². The van der Waals surface area contributed by atoms with Crippen molar-refractivity contribution in [2.24, 2.45) is 23.7 Å². The fourth-order valence-corrected chi connectivity index (χ4v) is 7.66. The number of aryl methyl sites for hydroxylation is 1. The minimum Gasteiger partial charge on any atom is -0.756 e. The van der Waals surface area contributed by atoms with Crippen LogP contribution in [0.1, 0.15) is 80.0 Å². The first-order valence-electron chi connectivity index (χ1n) is 23.3. The van der Waals surface area contributed by atoms with Crippen LogP contribution in [0.3, 0.4) is 0 Å². The summed E-state index contributed by atoms with van der Waals surface area (Å²) in [6.07, 6.45) is 6.83. The molecule has 1 heterocycles.